The van der Waals surface area contributed by atoms with Gasteiger partial charge in [-0.1, -0.05) is 23.7 Å². The number of amidine groups is 1. The van der Waals surface area contributed by atoms with Crippen molar-refractivity contribution in [3.05, 3.63) is 50.8 Å². The van der Waals surface area contributed by atoms with Gasteiger partial charge in [-0.25, -0.2) is 4.98 Å². The van der Waals surface area contributed by atoms with E-state index in [0.29, 0.717) is 20.2 Å². The molecule has 112 valence electrons. The van der Waals surface area contributed by atoms with E-state index in [2.05, 4.69) is 9.98 Å². The van der Waals surface area contributed by atoms with Crippen LogP contribution in [0.5, 0.6) is 0 Å². The molecule has 2 heterocycles. The van der Waals surface area contributed by atoms with Gasteiger partial charge < -0.3 is 0 Å². The zero-order valence-corrected chi connectivity index (χ0v) is 14.3. The molecule has 1 aromatic carbocycles. The minimum atomic E-state index is -0.0722. The van der Waals surface area contributed by atoms with Crippen LogP contribution in [0.1, 0.15) is 11.3 Å². The second kappa shape index (κ2) is 6.24. The fourth-order valence-corrected chi connectivity index (χ4v) is 3.76. The van der Waals surface area contributed by atoms with Crippen LogP contribution in [0.15, 0.2) is 39.5 Å². The van der Waals surface area contributed by atoms with Crippen LogP contribution in [0.4, 0.5) is 5.13 Å². The van der Waals surface area contributed by atoms with Crippen LogP contribution in [-0.2, 0) is 4.79 Å². The van der Waals surface area contributed by atoms with E-state index >= 15 is 0 Å². The van der Waals surface area contributed by atoms with Gasteiger partial charge in [0.05, 0.1) is 10.6 Å². The maximum atomic E-state index is 12.3. The van der Waals surface area contributed by atoms with Crippen LogP contribution in [0.25, 0.3) is 6.08 Å². The average molecular weight is 350 g/mol. The number of aromatic nitrogens is 1. The second-order valence-corrected chi connectivity index (χ2v) is 6.98. The Bertz CT molecular complexity index is 798. The summed E-state index contributed by atoms with van der Waals surface area (Å²) in [7, 11) is 1.72. The molecule has 1 fully saturated rings. The van der Waals surface area contributed by atoms with Gasteiger partial charge in [-0.2, -0.15) is 4.99 Å². The molecule has 1 saturated heterocycles. The first-order valence-corrected chi connectivity index (χ1v) is 8.54. The molecule has 1 aliphatic heterocycles. The van der Waals surface area contributed by atoms with Crippen LogP contribution in [-0.4, -0.2) is 28.0 Å². The molecule has 7 heteroatoms. The maximum absolute atomic E-state index is 12.3. The molecule has 0 saturated carbocycles. The molecule has 0 atom stereocenters. The zero-order chi connectivity index (χ0) is 15.7. The van der Waals surface area contributed by atoms with Crippen molar-refractivity contribution >= 4 is 57.0 Å². The van der Waals surface area contributed by atoms with E-state index in [-0.39, 0.29) is 5.91 Å². The third kappa shape index (κ3) is 3.24. The Hall–Kier alpha value is -1.63. The molecule has 3 rings (SSSR count). The number of halogens is 1. The normalized spacial score (nSPS) is 18.7. The first kappa shape index (κ1) is 15.3. The molecule has 1 aliphatic rings. The van der Waals surface area contributed by atoms with Crippen molar-refractivity contribution in [1.29, 1.82) is 0 Å². The van der Waals surface area contributed by atoms with E-state index in [4.69, 9.17) is 11.6 Å². The van der Waals surface area contributed by atoms with Gasteiger partial charge in [-0.3, -0.25) is 9.69 Å². The van der Waals surface area contributed by atoms with Crippen LogP contribution in [0.2, 0.25) is 5.02 Å². The van der Waals surface area contributed by atoms with Gasteiger partial charge in [0.15, 0.2) is 5.17 Å². The number of rotatable bonds is 2. The highest BCUT2D eigenvalue weighted by molar-refractivity contribution is 8.18. The Kier molecular flexibility index (Phi) is 4.33. The summed E-state index contributed by atoms with van der Waals surface area (Å²) in [5, 5.41) is 3.87. The molecular weight excluding hydrogens is 338 g/mol. The number of carbonyl (C=O) groups excluding carboxylic acids is 1. The van der Waals surface area contributed by atoms with Crippen molar-refractivity contribution < 1.29 is 4.79 Å². The smallest absolute Gasteiger partial charge is 0.266 e. The topological polar surface area (TPSA) is 45.6 Å². The van der Waals surface area contributed by atoms with E-state index in [1.807, 2.05) is 36.6 Å². The fraction of sp³-hybridized carbons (Fsp3) is 0.133. The number of benzene rings is 1. The number of aliphatic imine (C=N–C) groups is 1. The first-order valence-electron chi connectivity index (χ1n) is 6.47. The Morgan fingerprint density at radius 2 is 2.23 bits per heavy atom. The fourth-order valence-electron chi connectivity index (χ4n) is 1.87. The SMILES string of the molecule is Cc1csc(/N=C2/S/C(=C\c3cccc(Cl)c3)C(=O)N2C)n1. The third-order valence-corrected chi connectivity index (χ3v) is 5.10. The number of thiazole rings is 1. The van der Waals surface area contributed by atoms with Gasteiger partial charge in [0.25, 0.3) is 5.91 Å². The van der Waals surface area contributed by atoms with Gasteiger partial charge in [-0.15, -0.1) is 11.3 Å². The molecule has 0 bridgehead atoms. The Morgan fingerprint density at radius 3 is 2.91 bits per heavy atom. The van der Waals surface area contributed by atoms with Gasteiger partial charge in [0, 0.05) is 17.5 Å². The zero-order valence-electron chi connectivity index (χ0n) is 11.9. The predicted molar refractivity (Wildman–Crippen MR) is 93.7 cm³/mol. The Balaban J connectivity index is 1.90. The highest BCUT2D eigenvalue weighted by atomic mass is 35.5. The molecule has 2 aromatic rings. The molecular formula is C15H12ClN3OS2. The van der Waals surface area contributed by atoms with Crippen molar-refractivity contribution in [2.75, 3.05) is 7.05 Å². The third-order valence-electron chi connectivity index (χ3n) is 2.95. The summed E-state index contributed by atoms with van der Waals surface area (Å²) < 4.78 is 0. The van der Waals surface area contributed by atoms with Gasteiger partial charge >= 0.3 is 0 Å². The largest absolute Gasteiger partial charge is 0.289 e. The van der Waals surface area contributed by atoms with E-state index in [1.165, 1.54) is 28.0 Å². The minimum absolute atomic E-state index is 0.0722. The first-order chi connectivity index (χ1) is 10.5. The van der Waals surface area contributed by atoms with Crippen LogP contribution in [0.3, 0.4) is 0 Å². The number of amides is 1. The molecule has 0 unspecified atom stereocenters. The highest BCUT2D eigenvalue weighted by Gasteiger charge is 2.30. The standard InChI is InChI=1S/C15H12ClN3OS2/c1-9-8-21-14(17-9)18-15-19(2)13(20)12(22-15)7-10-4-3-5-11(16)6-10/h3-8H,1-2H3/b12-7-,18-15+. The predicted octanol–water partition coefficient (Wildman–Crippen LogP) is 4.34. The Morgan fingerprint density at radius 1 is 1.41 bits per heavy atom. The van der Waals surface area contributed by atoms with E-state index in [0.717, 1.165) is 11.3 Å². The second-order valence-electron chi connectivity index (χ2n) is 4.70. The molecule has 0 N–H and O–H groups in total. The molecule has 1 amide bonds. The van der Waals surface area contributed by atoms with Crippen molar-refractivity contribution in [2.24, 2.45) is 4.99 Å². The van der Waals surface area contributed by atoms with Crippen molar-refractivity contribution in [3.63, 3.8) is 0 Å². The number of aryl methyl sites for hydroxylation is 1. The Labute approximate surface area is 141 Å². The van der Waals surface area contributed by atoms with Gasteiger partial charge in [-0.05, 0) is 42.5 Å². The number of hydrogen-bond donors (Lipinski definition) is 0. The summed E-state index contributed by atoms with van der Waals surface area (Å²) in [6, 6.07) is 7.39. The highest BCUT2D eigenvalue weighted by Crippen LogP contribution is 2.33. The number of nitrogens with zero attached hydrogens (tertiary/aromatic N) is 3. The number of carbonyl (C=O) groups is 1. The molecule has 4 nitrogen and oxygen atoms in total. The molecule has 0 aliphatic carbocycles. The lowest BCUT2D eigenvalue weighted by Crippen LogP contribution is -2.23. The lowest BCUT2D eigenvalue weighted by atomic mass is 10.2. The average Bonchev–Trinajstić information content (AvgIpc) is 2.99. The quantitative estimate of drug-likeness (QED) is 0.758. The van der Waals surface area contributed by atoms with E-state index in [1.54, 1.807) is 13.1 Å². The maximum Gasteiger partial charge on any atom is 0.266 e. The van der Waals surface area contributed by atoms with Crippen LogP contribution in [0, 0.1) is 6.92 Å². The van der Waals surface area contributed by atoms with Gasteiger partial charge in [0.2, 0.25) is 5.13 Å². The summed E-state index contributed by atoms with van der Waals surface area (Å²) in [4.78, 5) is 23.2. The lowest BCUT2D eigenvalue weighted by molar-refractivity contribution is -0.121. The van der Waals surface area contributed by atoms with Crippen molar-refractivity contribution in [2.45, 2.75) is 6.92 Å². The summed E-state index contributed by atoms with van der Waals surface area (Å²) >= 11 is 8.77. The lowest BCUT2D eigenvalue weighted by Gasteiger charge is -2.05. The van der Waals surface area contributed by atoms with Crippen LogP contribution >= 0.6 is 34.7 Å². The molecule has 0 spiro atoms. The minimum Gasteiger partial charge on any atom is -0.289 e. The van der Waals surface area contributed by atoms with Gasteiger partial charge in [0.1, 0.15) is 0 Å². The van der Waals surface area contributed by atoms with E-state index in [9.17, 15) is 4.79 Å². The van der Waals surface area contributed by atoms with Crippen molar-refractivity contribution in [3.8, 4) is 0 Å². The van der Waals surface area contributed by atoms with Crippen molar-refractivity contribution in [1.82, 2.24) is 9.88 Å². The number of likely N-dealkylation sites (N-methyl/N-ethyl adjacent to an activating group) is 1. The van der Waals surface area contributed by atoms with Crippen LogP contribution < -0.4 is 0 Å². The summed E-state index contributed by atoms with van der Waals surface area (Å²) in [6.45, 7) is 1.92. The summed E-state index contributed by atoms with van der Waals surface area (Å²) in [5.41, 5.74) is 1.82. The summed E-state index contributed by atoms with van der Waals surface area (Å²) in [6.07, 6.45) is 1.82. The molecule has 22 heavy (non-hydrogen) atoms. The molecule has 1 aromatic heterocycles. The number of hydrogen-bond acceptors (Lipinski definition) is 5. The number of thioether (sulfide) groups is 1. The van der Waals surface area contributed by atoms with E-state index < -0.39 is 0 Å². The monoisotopic (exact) mass is 349 g/mol. The summed E-state index contributed by atoms with van der Waals surface area (Å²) in [5.74, 6) is -0.0722. The molecule has 0 radical (unpaired) electrons.